The van der Waals surface area contributed by atoms with Gasteiger partial charge in [-0.15, -0.1) is 0 Å². The van der Waals surface area contributed by atoms with E-state index >= 15 is 0 Å². The van der Waals surface area contributed by atoms with E-state index in [1.807, 2.05) is 0 Å². The molecule has 0 heterocycles. The quantitative estimate of drug-likeness (QED) is 0.0222. The predicted molar refractivity (Wildman–Crippen MR) is 409 cm³/mol. The predicted octanol–water partition coefficient (Wildman–Crippen LogP) is 24.3. The van der Waals surface area contributed by atoms with Crippen molar-refractivity contribution in [3.63, 3.8) is 0 Å². The minimum atomic E-state index is -4.96. The summed E-state index contributed by atoms with van der Waals surface area (Å²) in [6.45, 7) is 9.65. The van der Waals surface area contributed by atoms with Crippen LogP contribution >= 0.6 is 15.6 Å². The molecule has 0 fully saturated rings. The van der Waals surface area contributed by atoms with Crippen LogP contribution < -0.4 is 0 Å². The van der Waals surface area contributed by atoms with Crippen LogP contribution in [0, 0.1) is 11.8 Å². The number of esters is 4. The Morgan fingerprint density at radius 3 is 0.680 bits per heavy atom. The fraction of sp³-hybridized carbons (Fsp3) is 0.951. The van der Waals surface area contributed by atoms with E-state index in [-0.39, 0.29) is 25.7 Å². The lowest BCUT2D eigenvalue weighted by Gasteiger charge is -2.21. The molecular formula is C81H158O17P2. The standard InChI is InChI=1S/C81H158O17P2/c1-7-9-11-13-15-17-18-19-20-21-22-25-30-35-40-46-52-58-64-79(84)92-70-77(98-81(86)65-59-53-47-41-36-31-26-23-24-28-33-38-43-49-55-61-73(3)4)72-96-100(89,90)94-68-75(82)67-93-99(87,88)95-71-76(69-91-78(83)63-57-51-45-16-14-12-10-8-2)97-80(85)66-60-54-48-42-37-32-27-29-34-39-44-50-56-62-74(5)6/h73-77,82H,7-72H2,1-6H3,(H,87,88)(H,89,90)/t75-,76+,77+/m0/s1. The van der Waals surface area contributed by atoms with Crippen LogP contribution in [0.3, 0.4) is 0 Å². The van der Waals surface area contributed by atoms with Crippen molar-refractivity contribution in [3.05, 3.63) is 0 Å². The van der Waals surface area contributed by atoms with Crippen molar-refractivity contribution < 1.29 is 80.2 Å². The topological polar surface area (TPSA) is 237 Å². The molecule has 0 rings (SSSR count). The highest BCUT2D eigenvalue weighted by atomic mass is 31.2. The number of carbonyl (C=O) groups is 4. The van der Waals surface area contributed by atoms with Crippen molar-refractivity contribution in [3.8, 4) is 0 Å². The molecule has 0 aromatic carbocycles. The lowest BCUT2D eigenvalue weighted by molar-refractivity contribution is -0.161. The first-order chi connectivity index (χ1) is 48.4. The van der Waals surface area contributed by atoms with Crippen LogP contribution in [0.2, 0.25) is 0 Å². The SMILES string of the molecule is CCCCCCCCCCCCCCCCCCCCC(=O)OC[C@H](COP(=O)(O)OC[C@@H](O)COP(=O)(O)OC[C@@H](COC(=O)CCCCCCCCCC)OC(=O)CCCCCCCCCCCCCCCC(C)C)OC(=O)CCCCCCCCCCCCCCCCCC(C)C. The van der Waals surface area contributed by atoms with E-state index in [1.54, 1.807) is 0 Å². The number of carbonyl (C=O) groups excluding carboxylic acids is 4. The van der Waals surface area contributed by atoms with Gasteiger partial charge in [0.05, 0.1) is 26.4 Å². The highest BCUT2D eigenvalue weighted by molar-refractivity contribution is 7.47. The Hall–Kier alpha value is -1.94. The van der Waals surface area contributed by atoms with Gasteiger partial charge < -0.3 is 33.8 Å². The number of aliphatic hydroxyl groups is 1. The second-order valence-electron chi connectivity index (χ2n) is 30.1. The summed E-state index contributed by atoms with van der Waals surface area (Å²) in [5, 5.41) is 10.6. The summed E-state index contributed by atoms with van der Waals surface area (Å²) in [4.78, 5) is 72.9. The van der Waals surface area contributed by atoms with E-state index in [2.05, 4.69) is 41.5 Å². The van der Waals surface area contributed by atoms with Gasteiger partial charge >= 0.3 is 39.5 Å². The van der Waals surface area contributed by atoms with E-state index in [0.29, 0.717) is 25.7 Å². The third-order valence-corrected chi connectivity index (χ3v) is 20.9. The fourth-order valence-electron chi connectivity index (χ4n) is 12.5. The van der Waals surface area contributed by atoms with E-state index in [9.17, 15) is 43.2 Å². The maximum Gasteiger partial charge on any atom is 0.472 e. The summed E-state index contributed by atoms with van der Waals surface area (Å²) in [5.74, 6) is -0.521. The normalized spacial score (nSPS) is 13.9. The van der Waals surface area contributed by atoms with E-state index in [1.165, 1.54) is 238 Å². The van der Waals surface area contributed by atoms with E-state index in [4.69, 9.17) is 37.0 Å². The van der Waals surface area contributed by atoms with Gasteiger partial charge in [0.2, 0.25) is 0 Å². The average Bonchev–Trinajstić information content (AvgIpc) is 0.912. The highest BCUT2D eigenvalue weighted by Crippen LogP contribution is 2.45. The molecule has 3 N–H and O–H groups in total. The van der Waals surface area contributed by atoms with E-state index in [0.717, 1.165) is 108 Å². The van der Waals surface area contributed by atoms with Gasteiger partial charge in [-0.1, -0.05) is 375 Å². The maximum absolute atomic E-state index is 13.1. The van der Waals surface area contributed by atoms with Crippen LogP contribution in [0.25, 0.3) is 0 Å². The Morgan fingerprint density at radius 1 is 0.270 bits per heavy atom. The second-order valence-corrected chi connectivity index (χ2v) is 33.0. The van der Waals surface area contributed by atoms with Gasteiger partial charge in [0.15, 0.2) is 12.2 Å². The van der Waals surface area contributed by atoms with Crippen LogP contribution in [0.4, 0.5) is 0 Å². The lowest BCUT2D eigenvalue weighted by atomic mass is 10.0. The molecule has 0 amide bonds. The van der Waals surface area contributed by atoms with Crippen LogP contribution in [0.1, 0.15) is 427 Å². The van der Waals surface area contributed by atoms with Crippen molar-refractivity contribution in [2.24, 2.45) is 11.8 Å². The number of phosphoric acid groups is 2. The van der Waals surface area contributed by atoms with Gasteiger partial charge in [-0.3, -0.25) is 37.3 Å². The van der Waals surface area contributed by atoms with Gasteiger partial charge in [-0.25, -0.2) is 9.13 Å². The molecule has 0 aromatic heterocycles. The summed E-state index contributed by atoms with van der Waals surface area (Å²) in [5.41, 5.74) is 0. The zero-order valence-electron chi connectivity index (χ0n) is 65.5. The molecule has 0 spiro atoms. The Kier molecular flexibility index (Phi) is 71.2. The minimum absolute atomic E-state index is 0.107. The monoisotopic (exact) mass is 1470 g/mol. The van der Waals surface area contributed by atoms with Gasteiger partial charge in [-0.2, -0.15) is 0 Å². The molecule has 0 saturated heterocycles. The maximum atomic E-state index is 13.1. The third-order valence-electron chi connectivity index (χ3n) is 19.0. The smallest absolute Gasteiger partial charge is 0.462 e. The number of hydrogen-bond donors (Lipinski definition) is 3. The molecule has 0 aliphatic carbocycles. The molecule has 0 bridgehead atoms. The number of phosphoric ester groups is 2. The fourth-order valence-corrected chi connectivity index (χ4v) is 14.1. The van der Waals surface area contributed by atoms with Gasteiger partial charge in [-0.05, 0) is 37.5 Å². The Bertz CT molecular complexity index is 1920. The molecule has 2 unspecified atom stereocenters. The molecule has 0 aliphatic rings. The molecule has 100 heavy (non-hydrogen) atoms. The van der Waals surface area contributed by atoms with Crippen molar-refractivity contribution in [2.75, 3.05) is 39.6 Å². The van der Waals surface area contributed by atoms with Crippen LogP contribution in [-0.2, 0) is 65.4 Å². The summed E-state index contributed by atoms with van der Waals surface area (Å²) in [6.07, 6.45) is 62.5. The summed E-state index contributed by atoms with van der Waals surface area (Å²) in [6, 6.07) is 0. The molecular weight excluding hydrogens is 1310 g/mol. The average molecular weight is 1470 g/mol. The first-order valence-electron chi connectivity index (χ1n) is 42.0. The lowest BCUT2D eigenvalue weighted by Crippen LogP contribution is -2.30. The Morgan fingerprint density at radius 2 is 0.460 bits per heavy atom. The number of rotatable bonds is 80. The van der Waals surface area contributed by atoms with Crippen molar-refractivity contribution in [1.82, 2.24) is 0 Å². The minimum Gasteiger partial charge on any atom is -0.462 e. The number of aliphatic hydroxyl groups excluding tert-OH is 1. The number of hydrogen-bond acceptors (Lipinski definition) is 15. The van der Waals surface area contributed by atoms with Crippen molar-refractivity contribution in [2.45, 2.75) is 445 Å². The second kappa shape index (κ2) is 72.6. The molecule has 19 heteroatoms. The summed E-state index contributed by atoms with van der Waals surface area (Å²) < 4.78 is 68.7. The van der Waals surface area contributed by atoms with Crippen molar-refractivity contribution >= 4 is 39.5 Å². The molecule has 0 aromatic rings. The first-order valence-corrected chi connectivity index (χ1v) is 45.0. The van der Waals surface area contributed by atoms with Crippen LogP contribution in [0.5, 0.6) is 0 Å². The summed E-state index contributed by atoms with van der Waals surface area (Å²) >= 11 is 0. The number of ether oxygens (including phenoxy) is 4. The Balaban J connectivity index is 5.20. The molecule has 17 nitrogen and oxygen atoms in total. The van der Waals surface area contributed by atoms with Gasteiger partial charge in [0, 0.05) is 25.7 Å². The zero-order valence-corrected chi connectivity index (χ0v) is 67.3. The molecule has 0 aliphatic heterocycles. The van der Waals surface area contributed by atoms with Crippen LogP contribution in [0.15, 0.2) is 0 Å². The first kappa shape index (κ1) is 98.1. The van der Waals surface area contributed by atoms with Gasteiger partial charge in [0.1, 0.15) is 19.3 Å². The number of unbranched alkanes of at least 4 members (excludes halogenated alkanes) is 50. The van der Waals surface area contributed by atoms with Gasteiger partial charge in [0.25, 0.3) is 0 Å². The Labute approximate surface area is 613 Å². The van der Waals surface area contributed by atoms with Crippen LogP contribution in [-0.4, -0.2) is 96.7 Å². The molecule has 594 valence electrons. The largest absolute Gasteiger partial charge is 0.472 e. The molecule has 5 atom stereocenters. The molecule has 0 radical (unpaired) electrons. The molecule has 0 saturated carbocycles. The zero-order chi connectivity index (χ0) is 73.5. The third kappa shape index (κ3) is 74.3. The summed E-state index contributed by atoms with van der Waals surface area (Å²) in [7, 11) is -9.92. The highest BCUT2D eigenvalue weighted by Gasteiger charge is 2.30. The van der Waals surface area contributed by atoms with Crippen molar-refractivity contribution in [1.29, 1.82) is 0 Å². The van der Waals surface area contributed by atoms with E-state index < -0.39 is 97.5 Å².